The quantitative estimate of drug-likeness (QED) is 0.793. The van der Waals surface area contributed by atoms with Crippen LogP contribution in [0.2, 0.25) is 0 Å². The van der Waals surface area contributed by atoms with Crippen LogP contribution in [-0.2, 0) is 4.79 Å². The highest BCUT2D eigenvalue weighted by Crippen LogP contribution is 2.23. The summed E-state index contributed by atoms with van der Waals surface area (Å²) >= 11 is 0. The Labute approximate surface area is 101 Å². The van der Waals surface area contributed by atoms with Crippen LogP contribution in [0.1, 0.15) is 13.8 Å². The fourth-order valence-corrected chi connectivity index (χ4v) is 1.61. The third-order valence-electron chi connectivity index (χ3n) is 2.30. The molecule has 0 saturated heterocycles. The molecule has 1 N–H and O–H groups in total. The van der Waals surface area contributed by atoms with Gasteiger partial charge in [-0.15, -0.1) is 0 Å². The van der Waals surface area contributed by atoms with Crippen molar-refractivity contribution < 1.29 is 26.7 Å². The maximum atomic E-state index is 12.9. The molecule has 1 atom stereocenters. The minimum Gasteiger partial charge on any atom is -0.314 e. The third-order valence-corrected chi connectivity index (χ3v) is 2.30. The maximum Gasteiger partial charge on any atom is 0.401 e. The van der Waals surface area contributed by atoms with Crippen molar-refractivity contribution in [3.05, 3.63) is 11.6 Å². The van der Waals surface area contributed by atoms with Crippen LogP contribution in [0, 0.1) is 0 Å². The molecule has 0 aliphatic carbocycles. The van der Waals surface area contributed by atoms with Gasteiger partial charge in [0, 0.05) is 12.5 Å². The van der Waals surface area contributed by atoms with Gasteiger partial charge in [-0.05, 0) is 13.0 Å². The van der Waals surface area contributed by atoms with Gasteiger partial charge in [0.25, 0.3) is 11.8 Å². The molecule has 0 bridgehead atoms. The van der Waals surface area contributed by atoms with Crippen molar-refractivity contribution in [2.45, 2.75) is 32.1 Å². The predicted octanol–water partition coefficient (Wildman–Crippen LogP) is 1.91. The van der Waals surface area contributed by atoms with Gasteiger partial charge in [-0.3, -0.25) is 10.1 Å². The lowest BCUT2D eigenvalue weighted by atomic mass is 10.3. The van der Waals surface area contributed by atoms with Crippen molar-refractivity contribution in [2.24, 2.45) is 0 Å². The van der Waals surface area contributed by atoms with Crippen LogP contribution in [-0.4, -0.2) is 42.2 Å². The van der Waals surface area contributed by atoms with Crippen LogP contribution in [0.25, 0.3) is 0 Å². The van der Waals surface area contributed by atoms with Gasteiger partial charge in [0.05, 0.1) is 13.1 Å². The van der Waals surface area contributed by atoms with Gasteiger partial charge in [0.2, 0.25) is 0 Å². The zero-order valence-corrected chi connectivity index (χ0v) is 9.81. The average Bonchev–Trinajstić information content (AvgIpc) is 2.39. The Bertz CT molecular complexity index is 358. The van der Waals surface area contributed by atoms with Crippen LogP contribution in [0.3, 0.4) is 0 Å². The molecule has 0 aromatic heterocycles. The maximum absolute atomic E-state index is 12.9. The number of carbonyl (C=O) groups is 1. The van der Waals surface area contributed by atoms with Crippen molar-refractivity contribution in [1.29, 1.82) is 0 Å². The average molecular weight is 272 g/mol. The lowest BCUT2D eigenvalue weighted by Gasteiger charge is -2.28. The number of carbonyl (C=O) groups excluding carboxylic acids is 1. The van der Waals surface area contributed by atoms with Crippen molar-refractivity contribution in [3.8, 4) is 0 Å². The van der Waals surface area contributed by atoms with Crippen LogP contribution in [0.4, 0.5) is 22.0 Å². The molecule has 1 aliphatic rings. The molecule has 3 nitrogen and oxygen atoms in total. The standard InChI is InChI=1S/C10H13F5N2O/c1-6-3-7(16-4-10(13,14)15)17(8(6)18)5-9(2,11)12/h3,7,16H,4-5H2,1-2H3. The molecular formula is C10H13F5N2O. The van der Waals surface area contributed by atoms with Gasteiger partial charge >= 0.3 is 6.18 Å². The van der Waals surface area contributed by atoms with Crippen LogP contribution in [0.15, 0.2) is 11.6 Å². The van der Waals surface area contributed by atoms with Gasteiger partial charge in [-0.1, -0.05) is 0 Å². The van der Waals surface area contributed by atoms with E-state index in [1.807, 2.05) is 5.32 Å². The first-order valence-corrected chi connectivity index (χ1v) is 5.17. The van der Waals surface area contributed by atoms with Crippen LogP contribution < -0.4 is 5.32 Å². The number of alkyl halides is 5. The summed E-state index contributed by atoms with van der Waals surface area (Å²) in [4.78, 5) is 12.2. The van der Waals surface area contributed by atoms with Gasteiger partial charge in [-0.25, -0.2) is 8.78 Å². The molecular weight excluding hydrogens is 259 g/mol. The molecule has 0 aromatic carbocycles. The van der Waals surface area contributed by atoms with E-state index in [9.17, 15) is 26.7 Å². The number of hydrogen-bond acceptors (Lipinski definition) is 2. The van der Waals surface area contributed by atoms with Gasteiger partial charge in [0.15, 0.2) is 0 Å². The van der Waals surface area contributed by atoms with E-state index >= 15 is 0 Å². The van der Waals surface area contributed by atoms with E-state index in [-0.39, 0.29) is 5.57 Å². The molecule has 0 aromatic rings. The summed E-state index contributed by atoms with van der Waals surface area (Å²) in [7, 11) is 0. The Balaban J connectivity index is 2.72. The van der Waals surface area contributed by atoms with Gasteiger partial charge < -0.3 is 4.90 Å². The second-order valence-electron chi connectivity index (χ2n) is 4.29. The van der Waals surface area contributed by atoms with E-state index in [0.717, 1.165) is 0 Å². The van der Waals surface area contributed by atoms with E-state index < -0.39 is 37.3 Å². The fourth-order valence-electron chi connectivity index (χ4n) is 1.61. The summed E-state index contributed by atoms with van der Waals surface area (Å²) in [6.07, 6.45) is -4.40. The Morgan fingerprint density at radius 1 is 1.33 bits per heavy atom. The van der Waals surface area contributed by atoms with Crippen molar-refractivity contribution in [1.82, 2.24) is 10.2 Å². The normalized spacial score (nSPS) is 21.5. The number of nitrogens with one attached hydrogen (secondary N) is 1. The molecule has 0 radical (unpaired) electrons. The molecule has 1 aliphatic heterocycles. The summed E-state index contributed by atoms with van der Waals surface area (Å²) in [5, 5.41) is 2.03. The Morgan fingerprint density at radius 3 is 2.33 bits per heavy atom. The molecule has 0 saturated carbocycles. The topological polar surface area (TPSA) is 32.3 Å². The van der Waals surface area contributed by atoms with Crippen LogP contribution >= 0.6 is 0 Å². The van der Waals surface area contributed by atoms with E-state index in [1.165, 1.54) is 13.0 Å². The molecule has 18 heavy (non-hydrogen) atoms. The first-order chi connectivity index (χ1) is 7.99. The largest absolute Gasteiger partial charge is 0.401 e. The molecule has 1 amide bonds. The molecule has 1 unspecified atom stereocenters. The van der Waals surface area contributed by atoms with E-state index in [4.69, 9.17) is 0 Å². The summed E-state index contributed by atoms with van der Waals surface area (Å²) < 4.78 is 61.8. The molecule has 1 heterocycles. The second kappa shape index (κ2) is 4.83. The molecule has 0 fully saturated rings. The van der Waals surface area contributed by atoms with Crippen LogP contribution in [0.5, 0.6) is 0 Å². The molecule has 0 spiro atoms. The Kier molecular flexibility index (Phi) is 3.99. The first kappa shape index (κ1) is 14.9. The minimum absolute atomic E-state index is 0.152. The number of rotatable bonds is 4. The summed E-state index contributed by atoms with van der Waals surface area (Å²) in [6, 6.07) is 0. The summed E-state index contributed by atoms with van der Waals surface area (Å²) in [5.41, 5.74) is 0.152. The monoisotopic (exact) mass is 272 g/mol. The Morgan fingerprint density at radius 2 is 1.89 bits per heavy atom. The lowest BCUT2D eigenvalue weighted by molar-refractivity contribution is -0.139. The highest BCUT2D eigenvalue weighted by Gasteiger charge is 2.38. The number of hydrogen-bond donors (Lipinski definition) is 1. The fraction of sp³-hybridized carbons (Fsp3) is 0.700. The highest BCUT2D eigenvalue weighted by molar-refractivity contribution is 5.95. The summed E-state index contributed by atoms with van der Waals surface area (Å²) in [6.45, 7) is -0.289. The lowest BCUT2D eigenvalue weighted by Crippen LogP contribution is -2.50. The zero-order chi connectivity index (χ0) is 14.1. The minimum atomic E-state index is -4.46. The van der Waals surface area contributed by atoms with E-state index in [2.05, 4.69) is 0 Å². The third kappa shape index (κ3) is 4.25. The predicted molar refractivity (Wildman–Crippen MR) is 53.9 cm³/mol. The zero-order valence-electron chi connectivity index (χ0n) is 9.81. The van der Waals surface area contributed by atoms with E-state index in [1.54, 1.807) is 0 Å². The van der Waals surface area contributed by atoms with Crippen molar-refractivity contribution in [3.63, 3.8) is 0 Å². The molecule has 1 rings (SSSR count). The Hall–Kier alpha value is -1.18. The second-order valence-corrected chi connectivity index (χ2v) is 4.29. The number of halogens is 5. The van der Waals surface area contributed by atoms with Gasteiger partial charge in [0.1, 0.15) is 6.17 Å². The highest BCUT2D eigenvalue weighted by atomic mass is 19.4. The summed E-state index contributed by atoms with van der Waals surface area (Å²) in [5.74, 6) is -3.84. The first-order valence-electron chi connectivity index (χ1n) is 5.17. The number of nitrogens with zero attached hydrogens (tertiary/aromatic N) is 1. The van der Waals surface area contributed by atoms with Crippen molar-refractivity contribution >= 4 is 5.91 Å². The van der Waals surface area contributed by atoms with E-state index in [0.29, 0.717) is 11.8 Å². The molecule has 8 heteroatoms. The smallest absolute Gasteiger partial charge is 0.314 e. The number of amides is 1. The SMILES string of the molecule is CC1=CC(NCC(F)(F)F)N(CC(C)(F)F)C1=O. The molecule has 104 valence electrons. The van der Waals surface area contributed by atoms with Gasteiger partial charge in [-0.2, -0.15) is 13.2 Å². The van der Waals surface area contributed by atoms with Crippen molar-refractivity contribution in [2.75, 3.05) is 13.1 Å².